The molecule has 14 heteroatoms. The summed E-state index contributed by atoms with van der Waals surface area (Å²) in [7, 11) is -3.13. The summed E-state index contributed by atoms with van der Waals surface area (Å²) < 4.78 is 82.2. The molecule has 0 bridgehead atoms. The zero-order valence-electron chi connectivity index (χ0n) is 19.8. The minimum atomic E-state index is -3.13. The molecular weight excluding hydrogens is 537 g/mol. The SMILES string of the molecule is CC1(c2nc3nc(Oc4ncc(Cl)cc4OCC(F)F)ccc3n2CC2(F)COC2)CCS(=O)(=O)CC1. The average Bonchev–Trinajstić information content (AvgIpc) is 3.18. The molecule has 0 saturated carbocycles. The third-order valence-corrected chi connectivity index (χ3v) is 8.43. The van der Waals surface area contributed by atoms with E-state index in [1.54, 1.807) is 10.6 Å². The van der Waals surface area contributed by atoms with Gasteiger partial charge in [0.2, 0.25) is 5.88 Å². The van der Waals surface area contributed by atoms with E-state index in [1.807, 2.05) is 6.92 Å². The maximum Gasteiger partial charge on any atom is 0.272 e. The summed E-state index contributed by atoms with van der Waals surface area (Å²) >= 11 is 5.92. The lowest BCUT2D eigenvalue weighted by molar-refractivity contribution is -0.137. The van der Waals surface area contributed by atoms with E-state index in [4.69, 9.17) is 30.8 Å². The van der Waals surface area contributed by atoms with Gasteiger partial charge >= 0.3 is 0 Å². The Hall–Kier alpha value is -2.64. The van der Waals surface area contributed by atoms with Gasteiger partial charge < -0.3 is 18.8 Å². The van der Waals surface area contributed by atoms with E-state index in [0.29, 0.717) is 24.2 Å². The molecule has 2 aliphatic rings. The highest BCUT2D eigenvalue weighted by atomic mass is 35.5. The Labute approximate surface area is 215 Å². The monoisotopic (exact) mass is 560 g/mol. The van der Waals surface area contributed by atoms with Gasteiger partial charge in [-0.2, -0.15) is 4.98 Å². The number of hydrogen-bond acceptors (Lipinski definition) is 8. The molecule has 37 heavy (non-hydrogen) atoms. The molecule has 3 aromatic rings. The molecule has 5 heterocycles. The summed E-state index contributed by atoms with van der Waals surface area (Å²) in [5, 5.41) is 0.172. The van der Waals surface area contributed by atoms with Gasteiger partial charge in [-0.05, 0) is 18.9 Å². The number of rotatable bonds is 8. The molecule has 0 aromatic carbocycles. The number of sulfone groups is 1. The maximum absolute atomic E-state index is 15.2. The third-order valence-electron chi connectivity index (χ3n) is 6.57. The van der Waals surface area contributed by atoms with Gasteiger partial charge in [0.25, 0.3) is 12.3 Å². The zero-order chi connectivity index (χ0) is 26.4. The Kier molecular flexibility index (Phi) is 6.73. The van der Waals surface area contributed by atoms with Crippen LogP contribution >= 0.6 is 11.6 Å². The molecule has 0 amide bonds. The van der Waals surface area contributed by atoms with Crippen molar-refractivity contribution in [1.29, 1.82) is 0 Å². The second-order valence-corrected chi connectivity index (χ2v) is 12.4. The van der Waals surface area contributed by atoms with Crippen molar-refractivity contribution in [1.82, 2.24) is 19.5 Å². The van der Waals surface area contributed by atoms with Gasteiger partial charge in [0.1, 0.15) is 22.3 Å². The fourth-order valence-electron chi connectivity index (χ4n) is 4.42. The van der Waals surface area contributed by atoms with Gasteiger partial charge in [-0.15, -0.1) is 0 Å². The Morgan fingerprint density at radius 2 is 1.95 bits per heavy atom. The molecule has 0 atom stereocenters. The molecule has 0 N–H and O–H groups in total. The molecule has 0 unspecified atom stereocenters. The highest BCUT2D eigenvalue weighted by Gasteiger charge is 2.43. The number of pyridine rings is 2. The fraction of sp³-hybridized carbons (Fsp3) is 0.522. The first-order valence-electron chi connectivity index (χ1n) is 11.5. The van der Waals surface area contributed by atoms with Crippen LogP contribution in [0.15, 0.2) is 24.4 Å². The molecule has 2 aliphatic heterocycles. The van der Waals surface area contributed by atoms with Crippen molar-refractivity contribution < 1.29 is 35.8 Å². The number of nitrogens with zero attached hydrogens (tertiary/aromatic N) is 4. The summed E-state index contributed by atoms with van der Waals surface area (Å²) in [6, 6.07) is 4.49. The number of hydrogen-bond donors (Lipinski definition) is 0. The van der Waals surface area contributed by atoms with Crippen LogP contribution in [0.2, 0.25) is 5.02 Å². The molecule has 0 aliphatic carbocycles. The summed E-state index contributed by atoms with van der Waals surface area (Å²) in [4.78, 5) is 13.1. The van der Waals surface area contributed by atoms with Crippen molar-refractivity contribution in [2.24, 2.45) is 0 Å². The highest BCUT2D eigenvalue weighted by molar-refractivity contribution is 7.91. The topological polar surface area (TPSA) is 105 Å². The van der Waals surface area contributed by atoms with Gasteiger partial charge in [0, 0.05) is 23.7 Å². The maximum atomic E-state index is 15.2. The van der Waals surface area contributed by atoms with Gasteiger partial charge in [-0.1, -0.05) is 18.5 Å². The number of ether oxygens (including phenoxy) is 3. The first kappa shape index (κ1) is 26.0. The fourth-order valence-corrected chi connectivity index (χ4v) is 6.29. The van der Waals surface area contributed by atoms with Gasteiger partial charge in [0.05, 0.1) is 41.8 Å². The second-order valence-electron chi connectivity index (χ2n) is 9.63. The molecule has 9 nitrogen and oxygen atoms in total. The van der Waals surface area contributed by atoms with Crippen LogP contribution in [-0.2, 0) is 26.5 Å². The minimum absolute atomic E-state index is 0.0159. The van der Waals surface area contributed by atoms with E-state index in [9.17, 15) is 17.2 Å². The van der Waals surface area contributed by atoms with Crippen molar-refractivity contribution in [3.8, 4) is 17.5 Å². The first-order valence-corrected chi connectivity index (χ1v) is 13.7. The number of fused-ring (bicyclic) bond motifs is 1. The normalized spacial score (nSPS) is 20.1. The number of aromatic nitrogens is 4. The lowest BCUT2D eigenvalue weighted by Gasteiger charge is -2.37. The standard InChI is InChI=1S/C23H24ClF3N4O5S/c1-22(4-6-37(32,33)7-5-22)21-30-19-15(31(21)11-23(27)12-34-13-23)2-3-18(29-19)36-20-16(35-10-17(25)26)8-14(24)9-28-20/h2-3,8-9,17H,4-7,10-13H2,1H3. The minimum Gasteiger partial charge on any atom is -0.482 e. The number of imidazole rings is 1. The average molecular weight is 561 g/mol. The van der Waals surface area contributed by atoms with Gasteiger partial charge in [-0.3, -0.25) is 0 Å². The molecular formula is C23H24ClF3N4O5S. The molecule has 0 spiro atoms. The van der Waals surface area contributed by atoms with Gasteiger partial charge in [-0.25, -0.2) is 31.6 Å². The van der Waals surface area contributed by atoms with Crippen LogP contribution in [0.25, 0.3) is 11.2 Å². The van der Waals surface area contributed by atoms with Crippen molar-refractivity contribution in [3.05, 3.63) is 35.2 Å². The van der Waals surface area contributed by atoms with Crippen molar-refractivity contribution >= 4 is 32.6 Å². The molecule has 2 fully saturated rings. The van der Waals surface area contributed by atoms with E-state index in [2.05, 4.69) is 9.97 Å². The highest BCUT2D eigenvalue weighted by Crippen LogP contribution is 2.39. The smallest absolute Gasteiger partial charge is 0.272 e. The predicted octanol–water partition coefficient (Wildman–Crippen LogP) is 4.12. The lowest BCUT2D eigenvalue weighted by Crippen LogP contribution is -2.49. The van der Waals surface area contributed by atoms with Crippen LogP contribution in [0.4, 0.5) is 13.2 Å². The molecule has 2 saturated heterocycles. The summed E-state index contributed by atoms with van der Waals surface area (Å²) in [5.74, 6) is 0.427. The van der Waals surface area contributed by atoms with E-state index in [0.717, 1.165) is 0 Å². The van der Waals surface area contributed by atoms with Crippen molar-refractivity contribution in [3.63, 3.8) is 0 Å². The zero-order valence-corrected chi connectivity index (χ0v) is 21.4. The van der Waals surface area contributed by atoms with Crippen LogP contribution in [0, 0.1) is 0 Å². The summed E-state index contributed by atoms with van der Waals surface area (Å²) in [5.41, 5.74) is -1.38. The first-order chi connectivity index (χ1) is 17.5. The summed E-state index contributed by atoms with van der Waals surface area (Å²) in [6.07, 6.45) is -0.745. The van der Waals surface area contributed by atoms with E-state index >= 15 is 4.39 Å². The molecule has 0 radical (unpaired) electrons. The molecule has 5 rings (SSSR count). The van der Waals surface area contributed by atoms with Gasteiger partial charge in [0.15, 0.2) is 17.1 Å². The van der Waals surface area contributed by atoms with E-state index in [-0.39, 0.29) is 59.4 Å². The third kappa shape index (κ3) is 5.48. The van der Waals surface area contributed by atoms with Crippen LogP contribution in [-0.4, -0.2) is 71.4 Å². The van der Waals surface area contributed by atoms with E-state index in [1.165, 1.54) is 18.3 Å². The Balaban J connectivity index is 1.51. The van der Waals surface area contributed by atoms with Crippen molar-refractivity contribution in [2.75, 3.05) is 31.3 Å². The van der Waals surface area contributed by atoms with Crippen LogP contribution in [0.5, 0.6) is 17.5 Å². The van der Waals surface area contributed by atoms with Crippen LogP contribution in [0.3, 0.4) is 0 Å². The Morgan fingerprint density at radius 3 is 2.59 bits per heavy atom. The number of halogens is 4. The van der Waals surface area contributed by atoms with E-state index < -0.39 is 34.0 Å². The Morgan fingerprint density at radius 1 is 1.22 bits per heavy atom. The lowest BCUT2D eigenvalue weighted by atomic mass is 9.83. The van der Waals surface area contributed by atoms with Crippen LogP contribution in [0.1, 0.15) is 25.6 Å². The Bertz CT molecular complexity index is 1420. The largest absolute Gasteiger partial charge is 0.482 e. The summed E-state index contributed by atoms with van der Waals surface area (Å²) in [6.45, 7) is 0.934. The quantitative estimate of drug-likeness (QED) is 0.405. The predicted molar refractivity (Wildman–Crippen MR) is 128 cm³/mol. The van der Waals surface area contributed by atoms with Crippen molar-refractivity contribution in [2.45, 2.75) is 43.8 Å². The second kappa shape index (κ2) is 9.59. The number of alkyl halides is 3. The molecule has 200 valence electrons. The van der Waals surface area contributed by atoms with Crippen LogP contribution < -0.4 is 9.47 Å². The molecule has 3 aromatic heterocycles.